The lowest BCUT2D eigenvalue weighted by Gasteiger charge is -2.27. The van der Waals surface area contributed by atoms with E-state index in [1.54, 1.807) is 18.9 Å². The predicted octanol–water partition coefficient (Wildman–Crippen LogP) is 2.34. The number of imide groups is 1. The zero-order valence-electron chi connectivity index (χ0n) is 16.7. The Morgan fingerprint density at radius 2 is 1.75 bits per heavy atom. The Balaban J connectivity index is 1.69. The van der Waals surface area contributed by atoms with Gasteiger partial charge in [-0.25, -0.2) is 4.79 Å². The molecule has 1 aromatic rings. The van der Waals surface area contributed by atoms with Crippen molar-refractivity contribution in [1.82, 2.24) is 15.1 Å². The molecule has 7 heteroatoms. The fourth-order valence-corrected chi connectivity index (χ4v) is 3.97. The van der Waals surface area contributed by atoms with Gasteiger partial charge in [-0.1, -0.05) is 37.5 Å². The van der Waals surface area contributed by atoms with Crippen LogP contribution in [-0.2, 0) is 16.0 Å². The van der Waals surface area contributed by atoms with Crippen LogP contribution in [0.25, 0.3) is 0 Å². The number of carbonyl (C=O) groups is 3. The highest BCUT2D eigenvalue weighted by atomic mass is 16.5. The summed E-state index contributed by atoms with van der Waals surface area (Å²) < 4.78 is 5.36. The molecule has 0 unspecified atom stereocenters. The van der Waals surface area contributed by atoms with E-state index in [1.165, 1.54) is 6.42 Å². The number of urea groups is 1. The van der Waals surface area contributed by atoms with Crippen molar-refractivity contribution >= 4 is 17.8 Å². The second-order valence-corrected chi connectivity index (χ2v) is 7.79. The van der Waals surface area contributed by atoms with Crippen molar-refractivity contribution in [3.05, 3.63) is 29.8 Å². The summed E-state index contributed by atoms with van der Waals surface area (Å²) in [5.41, 5.74) is -0.263. The Labute approximate surface area is 166 Å². The van der Waals surface area contributed by atoms with Gasteiger partial charge in [0.25, 0.3) is 5.91 Å². The first-order chi connectivity index (χ1) is 13.4. The molecule has 3 rings (SSSR count). The third-order valence-electron chi connectivity index (χ3n) is 5.58. The molecule has 2 aliphatic rings. The number of carbonyl (C=O) groups excluding carboxylic acids is 3. The normalized spacial score (nSPS) is 23.2. The number of ether oxygens (including phenoxy) is 1. The second kappa shape index (κ2) is 8.63. The first-order valence-corrected chi connectivity index (χ1v) is 9.98. The lowest BCUT2D eigenvalue weighted by molar-refractivity contribution is -0.139. The van der Waals surface area contributed by atoms with Crippen LogP contribution in [0.15, 0.2) is 24.3 Å². The van der Waals surface area contributed by atoms with Gasteiger partial charge in [-0.2, -0.15) is 0 Å². The van der Waals surface area contributed by atoms with Crippen LogP contribution in [0.2, 0.25) is 0 Å². The molecule has 1 aromatic carbocycles. The third-order valence-corrected chi connectivity index (χ3v) is 5.58. The van der Waals surface area contributed by atoms with Gasteiger partial charge in [0.15, 0.2) is 0 Å². The fraction of sp³-hybridized carbons (Fsp3) is 0.571. The van der Waals surface area contributed by atoms with E-state index in [1.807, 2.05) is 24.3 Å². The van der Waals surface area contributed by atoms with Crippen LogP contribution in [0.4, 0.5) is 4.79 Å². The molecule has 2 saturated heterocycles. The molecule has 2 fully saturated rings. The fourth-order valence-electron chi connectivity index (χ4n) is 3.97. The molecule has 0 radical (unpaired) electrons. The molecule has 0 spiro atoms. The summed E-state index contributed by atoms with van der Waals surface area (Å²) in [5, 5.41) is 2.77. The number of hydrogen-bond donors (Lipinski definition) is 1. The highest BCUT2D eigenvalue weighted by molar-refractivity contribution is 6.09. The molecule has 1 N–H and O–H groups in total. The topological polar surface area (TPSA) is 79.0 Å². The lowest BCUT2D eigenvalue weighted by Crippen LogP contribution is -2.47. The third kappa shape index (κ3) is 4.29. The van der Waals surface area contributed by atoms with Gasteiger partial charge in [-0.05, 0) is 31.4 Å². The van der Waals surface area contributed by atoms with Crippen molar-refractivity contribution in [3.63, 3.8) is 0 Å². The van der Waals surface area contributed by atoms with Crippen LogP contribution in [0.1, 0.15) is 44.6 Å². The highest BCUT2D eigenvalue weighted by Crippen LogP contribution is 2.27. The Morgan fingerprint density at radius 3 is 2.43 bits per heavy atom. The number of para-hydroxylation sites is 1. The zero-order valence-corrected chi connectivity index (χ0v) is 16.7. The van der Waals surface area contributed by atoms with Crippen molar-refractivity contribution in [2.45, 2.75) is 51.0 Å². The Bertz CT molecular complexity index is 743. The number of nitrogens with one attached hydrogen (secondary N) is 1. The van der Waals surface area contributed by atoms with Gasteiger partial charge in [-0.15, -0.1) is 0 Å². The number of hydrogen-bond acceptors (Lipinski definition) is 4. The summed E-state index contributed by atoms with van der Waals surface area (Å²) in [7, 11) is 1.57. The van der Waals surface area contributed by atoms with Gasteiger partial charge < -0.3 is 15.0 Å². The minimum absolute atomic E-state index is 0.160. The molecule has 4 amide bonds. The molecule has 0 bridgehead atoms. The maximum atomic E-state index is 13.0. The van der Waals surface area contributed by atoms with E-state index in [0.29, 0.717) is 25.3 Å². The monoisotopic (exact) mass is 387 g/mol. The van der Waals surface area contributed by atoms with E-state index in [-0.39, 0.29) is 18.4 Å². The molecular formula is C21H29N3O4. The molecule has 0 aromatic heterocycles. The Kier molecular flexibility index (Phi) is 6.21. The first kappa shape index (κ1) is 20.2. The van der Waals surface area contributed by atoms with E-state index in [4.69, 9.17) is 4.74 Å². The molecule has 2 heterocycles. The SMILES string of the molecule is COc1ccccc1C[C@@]1(C)NC(=O)N(CC(=O)N2CCCCCCC2)C1=O. The average Bonchev–Trinajstić information content (AvgIpc) is 2.85. The van der Waals surface area contributed by atoms with E-state index >= 15 is 0 Å². The summed E-state index contributed by atoms with van der Waals surface area (Å²) in [5.74, 6) is 0.136. The Morgan fingerprint density at radius 1 is 1.11 bits per heavy atom. The highest BCUT2D eigenvalue weighted by Gasteiger charge is 2.48. The van der Waals surface area contributed by atoms with Crippen LogP contribution < -0.4 is 10.1 Å². The van der Waals surface area contributed by atoms with Crippen LogP contribution in [-0.4, -0.2) is 59.9 Å². The van der Waals surface area contributed by atoms with Crippen molar-refractivity contribution in [2.75, 3.05) is 26.7 Å². The quantitative estimate of drug-likeness (QED) is 0.787. The van der Waals surface area contributed by atoms with Gasteiger partial charge >= 0.3 is 6.03 Å². The largest absolute Gasteiger partial charge is 0.496 e. The van der Waals surface area contributed by atoms with Gasteiger partial charge in [0.05, 0.1) is 7.11 Å². The zero-order chi connectivity index (χ0) is 20.1. The number of methoxy groups -OCH3 is 1. The molecular weight excluding hydrogens is 358 g/mol. The van der Waals surface area contributed by atoms with Crippen molar-refractivity contribution in [1.29, 1.82) is 0 Å². The summed E-state index contributed by atoms with van der Waals surface area (Å²) in [6, 6.07) is 6.91. The van der Waals surface area contributed by atoms with Crippen molar-refractivity contribution in [2.24, 2.45) is 0 Å². The van der Waals surface area contributed by atoms with E-state index in [0.717, 1.165) is 36.1 Å². The molecule has 1 atom stereocenters. The average molecular weight is 387 g/mol. The molecule has 2 aliphatic heterocycles. The summed E-state index contributed by atoms with van der Waals surface area (Å²) in [6.45, 7) is 2.88. The van der Waals surface area contributed by atoms with E-state index in [2.05, 4.69) is 5.32 Å². The Hall–Kier alpha value is -2.57. The number of amides is 4. The molecule has 0 aliphatic carbocycles. The van der Waals surface area contributed by atoms with Crippen LogP contribution >= 0.6 is 0 Å². The molecule has 7 nitrogen and oxygen atoms in total. The number of likely N-dealkylation sites (tertiary alicyclic amines) is 1. The second-order valence-electron chi connectivity index (χ2n) is 7.79. The maximum Gasteiger partial charge on any atom is 0.325 e. The van der Waals surface area contributed by atoms with E-state index in [9.17, 15) is 14.4 Å². The maximum absolute atomic E-state index is 13.0. The predicted molar refractivity (Wildman–Crippen MR) is 105 cm³/mol. The van der Waals surface area contributed by atoms with Crippen LogP contribution in [0.3, 0.4) is 0 Å². The summed E-state index contributed by atoms with van der Waals surface area (Å²) in [6.07, 6.45) is 5.68. The van der Waals surface area contributed by atoms with Gasteiger partial charge in [0, 0.05) is 19.5 Å². The smallest absolute Gasteiger partial charge is 0.325 e. The van der Waals surface area contributed by atoms with Crippen molar-refractivity contribution < 1.29 is 19.1 Å². The molecule has 28 heavy (non-hydrogen) atoms. The molecule has 0 saturated carbocycles. The van der Waals surface area contributed by atoms with Crippen molar-refractivity contribution in [3.8, 4) is 5.75 Å². The number of benzene rings is 1. The number of nitrogens with zero attached hydrogens (tertiary/aromatic N) is 2. The van der Waals surface area contributed by atoms with E-state index < -0.39 is 11.6 Å². The van der Waals surface area contributed by atoms with Crippen LogP contribution in [0, 0.1) is 0 Å². The standard InChI is InChI=1S/C21H29N3O4/c1-21(14-16-10-6-7-11-17(16)28-2)19(26)24(20(27)22-21)15-18(25)23-12-8-4-3-5-9-13-23/h6-7,10-11H,3-5,8-9,12-15H2,1-2H3,(H,22,27)/t21-/m1/s1. The minimum Gasteiger partial charge on any atom is -0.496 e. The van der Waals surface area contributed by atoms with Crippen LogP contribution in [0.5, 0.6) is 5.75 Å². The van der Waals surface area contributed by atoms with Gasteiger partial charge in [-0.3, -0.25) is 14.5 Å². The number of rotatable bonds is 5. The summed E-state index contributed by atoms with van der Waals surface area (Å²) >= 11 is 0. The van der Waals surface area contributed by atoms with Gasteiger partial charge in [0.1, 0.15) is 17.8 Å². The first-order valence-electron chi connectivity index (χ1n) is 9.98. The minimum atomic E-state index is -1.09. The van der Waals surface area contributed by atoms with Gasteiger partial charge in [0.2, 0.25) is 5.91 Å². The molecule has 152 valence electrons. The lowest BCUT2D eigenvalue weighted by atomic mass is 9.92. The summed E-state index contributed by atoms with van der Waals surface area (Å²) in [4.78, 5) is 41.0.